The van der Waals surface area contributed by atoms with Gasteiger partial charge in [-0.15, -0.1) is 0 Å². The average molecular weight is 878 g/mol. The van der Waals surface area contributed by atoms with Gasteiger partial charge in [-0.25, -0.2) is 19.2 Å². The van der Waals surface area contributed by atoms with Crippen LogP contribution in [0.1, 0.15) is 33.6 Å². The van der Waals surface area contributed by atoms with E-state index in [0.29, 0.717) is 26.1 Å². The van der Waals surface area contributed by atoms with Crippen LogP contribution in [0.5, 0.6) is 0 Å². The summed E-state index contributed by atoms with van der Waals surface area (Å²) >= 11 is 0. The first-order chi connectivity index (χ1) is 28.7. The predicted octanol–water partition coefficient (Wildman–Crippen LogP) is -4.09. The third-order valence-electron chi connectivity index (χ3n) is 9.25. The van der Waals surface area contributed by atoms with Crippen LogP contribution in [0.25, 0.3) is 0 Å². The molecule has 0 saturated heterocycles. The normalized spacial score (nSPS) is 23.3. The molecule has 2 aliphatic rings. The molecular formula is C35H59N9O17. The third-order valence-corrected chi connectivity index (χ3v) is 9.25. The SMILES string of the molecule is CC(=O)N[C@H]1[C@H]([C@H](O)[C@H](O)CNC(=O)OCCOCCC(C)CCOCCOC(=O)NC[C@@H](O)[C@@H](O)[C@@H]2OC(C(=O)O)=C[C@H](NC(=N)N)[C@H]2C)OC(C(=O)O)=C[C@@H]1NC(=N)N. The Morgan fingerprint density at radius 2 is 1.13 bits per heavy atom. The maximum atomic E-state index is 12.2. The Morgan fingerprint density at radius 1 is 0.705 bits per heavy atom. The van der Waals surface area contributed by atoms with Crippen LogP contribution in [0.4, 0.5) is 9.59 Å². The molecule has 346 valence electrons. The molecule has 26 nitrogen and oxygen atoms in total. The van der Waals surface area contributed by atoms with Crippen molar-refractivity contribution in [2.24, 2.45) is 23.3 Å². The lowest BCUT2D eigenvalue weighted by molar-refractivity contribution is -0.146. The number of alkyl carbamates (subject to hydrolysis) is 2. The van der Waals surface area contributed by atoms with Crippen LogP contribution in [0, 0.1) is 22.7 Å². The molecule has 0 bridgehead atoms. The zero-order valence-corrected chi connectivity index (χ0v) is 33.9. The smallest absolute Gasteiger partial charge is 0.407 e. The maximum absolute atomic E-state index is 12.2. The largest absolute Gasteiger partial charge is 0.480 e. The molecule has 11 atom stereocenters. The number of nitrogens with two attached hydrogens (primary N) is 2. The number of aliphatic hydroxyl groups is 4. The van der Waals surface area contributed by atoms with Crippen molar-refractivity contribution in [3.8, 4) is 0 Å². The zero-order valence-electron chi connectivity index (χ0n) is 33.9. The summed E-state index contributed by atoms with van der Waals surface area (Å²) in [6.45, 7) is 4.29. The monoisotopic (exact) mass is 877 g/mol. The molecule has 61 heavy (non-hydrogen) atoms. The van der Waals surface area contributed by atoms with Crippen molar-refractivity contribution in [1.29, 1.82) is 10.8 Å². The molecule has 26 heteroatoms. The number of hydrogen-bond donors (Lipinski definition) is 15. The number of carbonyl (C=O) groups excluding carboxylic acids is 3. The molecule has 0 aromatic carbocycles. The van der Waals surface area contributed by atoms with E-state index in [2.05, 4.69) is 26.6 Å². The van der Waals surface area contributed by atoms with Crippen LogP contribution >= 0.6 is 0 Å². The Bertz CT molecular complexity index is 1570. The second-order valence-corrected chi connectivity index (χ2v) is 14.1. The number of carbonyl (C=O) groups is 5. The molecule has 2 aliphatic heterocycles. The van der Waals surface area contributed by atoms with E-state index in [9.17, 15) is 54.6 Å². The first-order valence-electron chi connectivity index (χ1n) is 19.1. The van der Waals surface area contributed by atoms with Crippen LogP contribution in [-0.2, 0) is 42.8 Å². The summed E-state index contributed by atoms with van der Waals surface area (Å²) in [7, 11) is 0. The molecule has 0 radical (unpaired) electrons. The van der Waals surface area contributed by atoms with Crippen molar-refractivity contribution < 1.29 is 83.0 Å². The molecule has 17 N–H and O–H groups in total. The van der Waals surface area contributed by atoms with Crippen LogP contribution in [0.3, 0.4) is 0 Å². The van der Waals surface area contributed by atoms with Gasteiger partial charge in [0.2, 0.25) is 17.4 Å². The summed E-state index contributed by atoms with van der Waals surface area (Å²) in [5.41, 5.74) is 10.7. The standard InChI is InChI=1S/C35H59N9O17/c1-16(4-6-56-8-10-58-34(54)40-14-21(46)26(48)28-17(2)19(43-32(36)37)12-23(60-28)30(50)51)5-7-57-9-11-59-35(55)41-15-22(47)27(49)29-25(42-18(3)45)20(44-33(38)39)13-24(61-29)31(52)53/h12-13,16-17,19-22,25-29,46-49H,4-11,14-15H2,1-3H3,(H,40,54)(H,41,55)(H,42,45)(H,50,51)(H,52,53)(H4,36,37,43)(H4,38,39,44)/t16?,17-,19+,20+,21-,22-,25-,26-,27-,28-,29-/m1/s1. The van der Waals surface area contributed by atoms with Gasteiger partial charge in [-0.2, -0.15) is 0 Å². The molecule has 0 aliphatic carbocycles. The van der Waals surface area contributed by atoms with Crippen molar-refractivity contribution >= 4 is 42.0 Å². The number of amides is 3. The molecule has 0 saturated carbocycles. The van der Waals surface area contributed by atoms with Gasteiger partial charge in [0.05, 0.1) is 31.3 Å². The molecule has 2 heterocycles. The number of aliphatic carboxylic acids is 2. The van der Waals surface area contributed by atoms with Gasteiger partial charge in [-0.3, -0.25) is 15.6 Å². The van der Waals surface area contributed by atoms with Crippen molar-refractivity contribution in [2.75, 3.05) is 52.7 Å². The highest BCUT2D eigenvalue weighted by molar-refractivity contribution is 5.86. The van der Waals surface area contributed by atoms with Gasteiger partial charge in [0.15, 0.2) is 11.9 Å². The van der Waals surface area contributed by atoms with Crippen molar-refractivity contribution in [3.63, 3.8) is 0 Å². The first kappa shape index (κ1) is 51.5. The highest BCUT2D eigenvalue weighted by Crippen LogP contribution is 2.27. The quantitative estimate of drug-likeness (QED) is 0.0235. The van der Waals surface area contributed by atoms with Gasteiger partial charge in [0.25, 0.3) is 0 Å². The second kappa shape index (κ2) is 25.8. The summed E-state index contributed by atoms with van der Waals surface area (Å²) in [5.74, 6) is -6.09. The Kier molecular flexibility index (Phi) is 21.8. The molecule has 0 aromatic heterocycles. The number of carboxylic acids is 2. The number of rotatable bonds is 25. The van der Waals surface area contributed by atoms with Gasteiger partial charge < -0.3 is 97.1 Å². The van der Waals surface area contributed by atoms with E-state index < -0.39 is 127 Å². The zero-order chi connectivity index (χ0) is 45.8. The van der Waals surface area contributed by atoms with Gasteiger partial charge >= 0.3 is 24.1 Å². The lowest BCUT2D eigenvalue weighted by Crippen LogP contribution is -2.64. The molecule has 1 unspecified atom stereocenters. The second-order valence-electron chi connectivity index (χ2n) is 14.1. The van der Waals surface area contributed by atoms with Crippen molar-refractivity contribution in [2.45, 2.75) is 88.4 Å². The summed E-state index contributed by atoms with van der Waals surface area (Å²) in [6, 6.07) is -3.06. The third kappa shape index (κ3) is 18.2. The Balaban J connectivity index is 1.58. The van der Waals surface area contributed by atoms with Crippen LogP contribution in [-0.4, -0.2) is 180 Å². The Labute approximate surface area is 350 Å². The number of aliphatic hydroxyl groups excluding tert-OH is 4. The summed E-state index contributed by atoms with van der Waals surface area (Å²) < 4.78 is 31.7. The number of ether oxygens (including phenoxy) is 6. The highest BCUT2D eigenvalue weighted by atomic mass is 16.6. The van der Waals surface area contributed by atoms with Crippen molar-refractivity contribution in [1.82, 2.24) is 26.6 Å². The molecule has 0 aromatic rings. The van der Waals surface area contributed by atoms with Crippen molar-refractivity contribution in [3.05, 3.63) is 23.7 Å². The summed E-state index contributed by atoms with van der Waals surface area (Å²) in [5, 5.41) is 88.2. The fraction of sp³-hybridized carbons (Fsp3) is 0.686. The minimum Gasteiger partial charge on any atom is -0.480 e. The van der Waals surface area contributed by atoms with E-state index in [4.69, 9.17) is 50.7 Å². The molecule has 3 amide bonds. The van der Waals surface area contributed by atoms with E-state index in [-0.39, 0.29) is 32.3 Å². The highest BCUT2D eigenvalue weighted by Gasteiger charge is 2.44. The van der Waals surface area contributed by atoms with Gasteiger partial charge in [0.1, 0.15) is 49.8 Å². The van der Waals surface area contributed by atoms with Crippen LogP contribution in [0.2, 0.25) is 0 Å². The number of guanidine groups is 2. The minimum absolute atomic E-state index is 0.0515. The molecule has 2 rings (SSSR count). The molecule has 0 spiro atoms. The number of carboxylic acid groups (broad SMARTS) is 2. The first-order valence-corrected chi connectivity index (χ1v) is 19.1. The summed E-state index contributed by atoms with van der Waals surface area (Å²) in [4.78, 5) is 59.1. The van der Waals surface area contributed by atoms with Gasteiger partial charge in [-0.05, 0) is 30.9 Å². The lowest BCUT2D eigenvalue weighted by Gasteiger charge is -2.40. The number of hydrogen-bond acceptors (Lipinski definition) is 17. The topological polar surface area (TPSA) is 422 Å². The summed E-state index contributed by atoms with van der Waals surface area (Å²) in [6.07, 6.45) is -7.77. The van der Waals surface area contributed by atoms with Gasteiger partial charge in [0, 0.05) is 39.1 Å². The molecular weight excluding hydrogens is 818 g/mol. The minimum atomic E-state index is -1.83. The average Bonchev–Trinajstić information content (AvgIpc) is 3.18. The van der Waals surface area contributed by atoms with E-state index in [1.54, 1.807) is 6.92 Å². The predicted molar refractivity (Wildman–Crippen MR) is 208 cm³/mol. The maximum Gasteiger partial charge on any atom is 0.407 e. The fourth-order valence-corrected chi connectivity index (χ4v) is 5.98. The molecule has 0 fully saturated rings. The fourth-order valence-electron chi connectivity index (χ4n) is 5.98. The van der Waals surface area contributed by atoms with E-state index >= 15 is 0 Å². The van der Waals surface area contributed by atoms with E-state index in [1.165, 1.54) is 6.08 Å². The Morgan fingerprint density at radius 3 is 1.57 bits per heavy atom. The lowest BCUT2D eigenvalue weighted by atomic mass is 9.87. The van der Waals surface area contributed by atoms with Crippen LogP contribution < -0.4 is 38.1 Å². The van der Waals surface area contributed by atoms with E-state index in [0.717, 1.165) is 13.0 Å². The van der Waals surface area contributed by atoms with E-state index in [1.807, 2.05) is 6.92 Å². The van der Waals surface area contributed by atoms with Gasteiger partial charge in [-0.1, -0.05) is 13.8 Å². The number of nitrogens with one attached hydrogen (secondary N) is 7. The Hall–Kier alpha value is -5.67. The van der Waals surface area contributed by atoms with Crippen LogP contribution in [0.15, 0.2) is 23.7 Å².